The molecule has 0 aromatic heterocycles. The molecule has 0 radical (unpaired) electrons. The molecule has 1 saturated heterocycles. The van der Waals surface area contributed by atoms with Crippen LogP contribution in [0.3, 0.4) is 0 Å². The van der Waals surface area contributed by atoms with Crippen molar-refractivity contribution in [3.63, 3.8) is 0 Å². The van der Waals surface area contributed by atoms with Crippen LogP contribution in [0.1, 0.15) is 13.8 Å². The summed E-state index contributed by atoms with van der Waals surface area (Å²) >= 11 is 0. The van der Waals surface area contributed by atoms with E-state index >= 15 is 0 Å². The summed E-state index contributed by atoms with van der Waals surface area (Å²) in [7, 11) is 0. The second-order valence-corrected chi connectivity index (χ2v) is 3.16. The van der Waals surface area contributed by atoms with Gasteiger partial charge in [0.25, 0.3) is 0 Å². The molecule has 3 heteroatoms. The lowest BCUT2D eigenvalue weighted by atomic mass is 10.2. The minimum Gasteiger partial charge on any atom is -0.312 e. The smallest absolute Gasteiger partial charge is 0.0950 e. The van der Waals surface area contributed by atoms with Crippen molar-refractivity contribution in [3.05, 3.63) is 0 Å². The van der Waals surface area contributed by atoms with E-state index < -0.39 is 0 Å². The molecule has 0 amide bonds. The summed E-state index contributed by atoms with van der Waals surface area (Å²) in [5, 5.41) is 12.0. The maximum absolute atomic E-state index is 8.66. The largest absolute Gasteiger partial charge is 0.312 e. The van der Waals surface area contributed by atoms with Crippen molar-refractivity contribution >= 4 is 0 Å². The van der Waals surface area contributed by atoms with Gasteiger partial charge in [0.05, 0.1) is 12.1 Å². The van der Waals surface area contributed by atoms with Crippen LogP contribution >= 0.6 is 0 Å². The van der Waals surface area contributed by atoms with Gasteiger partial charge in [0.1, 0.15) is 0 Å². The Hall–Kier alpha value is -0.590. The molecule has 1 fully saturated rings. The molecule has 62 valence electrons. The third-order valence-electron chi connectivity index (χ3n) is 2.13. The summed E-state index contributed by atoms with van der Waals surface area (Å²) < 4.78 is 0. The summed E-state index contributed by atoms with van der Waals surface area (Å²) in [6.07, 6.45) is 0. The van der Waals surface area contributed by atoms with Gasteiger partial charge in [-0.15, -0.1) is 0 Å². The van der Waals surface area contributed by atoms with Gasteiger partial charge in [0.2, 0.25) is 0 Å². The quantitative estimate of drug-likeness (QED) is 0.584. The fraction of sp³-hybridized carbons (Fsp3) is 0.875. The summed E-state index contributed by atoms with van der Waals surface area (Å²) in [6.45, 7) is 7.11. The standard InChI is InChI=1S/C8H15N3/c1-7-6-11(4-3-10-7)8(2)5-9/h7-8,10H,3-4,6H2,1-2H3. The van der Waals surface area contributed by atoms with E-state index in [1.54, 1.807) is 0 Å². The zero-order valence-electron chi connectivity index (χ0n) is 7.17. The Labute approximate surface area is 68.0 Å². The summed E-state index contributed by atoms with van der Waals surface area (Å²) in [4.78, 5) is 2.21. The lowest BCUT2D eigenvalue weighted by Crippen LogP contribution is -2.51. The van der Waals surface area contributed by atoms with Crippen LogP contribution in [0.25, 0.3) is 0 Å². The highest BCUT2D eigenvalue weighted by Crippen LogP contribution is 2.02. The normalized spacial score (nSPS) is 29.4. The molecule has 1 aliphatic heterocycles. The molecule has 1 rings (SSSR count). The maximum atomic E-state index is 8.66. The molecule has 1 heterocycles. The predicted octanol–water partition coefficient (Wildman–Crippen LogP) is 0.192. The van der Waals surface area contributed by atoms with Crippen molar-refractivity contribution in [2.45, 2.75) is 25.9 Å². The van der Waals surface area contributed by atoms with Gasteiger partial charge in [-0.2, -0.15) is 5.26 Å². The summed E-state index contributed by atoms with van der Waals surface area (Å²) in [6, 6.07) is 2.85. The number of rotatable bonds is 1. The van der Waals surface area contributed by atoms with Crippen molar-refractivity contribution in [3.8, 4) is 6.07 Å². The summed E-state index contributed by atoms with van der Waals surface area (Å²) in [5.41, 5.74) is 0. The highest BCUT2D eigenvalue weighted by Gasteiger charge is 2.19. The average molecular weight is 153 g/mol. The van der Waals surface area contributed by atoms with Gasteiger partial charge in [0.15, 0.2) is 0 Å². The van der Waals surface area contributed by atoms with E-state index in [0.29, 0.717) is 6.04 Å². The van der Waals surface area contributed by atoms with Crippen LogP contribution in [0, 0.1) is 11.3 Å². The van der Waals surface area contributed by atoms with Gasteiger partial charge in [-0.05, 0) is 13.8 Å². The third-order valence-corrected chi connectivity index (χ3v) is 2.13. The maximum Gasteiger partial charge on any atom is 0.0950 e. The van der Waals surface area contributed by atoms with Crippen molar-refractivity contribution in [1.29, 1.82) is 5.26 Å². The van der Waals surface area contributed by atoms with Crippen molar-refractivity contribution in [2.24, 2.45) is 0 Å². The zero-order valence-corrected chi connectivity index (χ0v) is 7.17. The first kappa shape index (κ1) is 8.51. The van der Waals surface area contributed by atoms with Crippen LogP contribution in [-0.4, -0.2) is 36.6 Å². The molecule has 0 aliphatic carbocycles. The van der Waals surface area contributed by atoms with Crippen LogP contribution in [-0.2, 0) is 0 Å². The van der Waals surface area contributed by atoms with Crippen molar-refractivity contribution in [1.82, 2.24) is 10.2 Å². The number of hydrogen-bond donors (Lipinski definition) is 1. The van der Waals surface area contributed by atoms with E-state index in [1.807, 2.05) is 6.92 Å². The highest BCUT2D eigenvalue weighted by atomic mass is 15.2. The molecule has 0 bridgehead atoms. The van der Waals surface area contributed by atoms with Gasteiger partial charge < -0.3 is 5.32 Å². The Kier molecular flexibility index (Phi) is 2.86. The molecule has 1 aliphatic rings. The van der Waals surface area contributed by atoms with E-state index in [0.717, 1.165) is 19.6 Å². The molecular weight excluding hydrogens is 138 g/mol. The van der Waals surface area contributed by atoms with Crippen molar-refractivity contribution in [2.75, 3.05) is 19.6 Å². The monoisotopic (exact) mass is 153 g/mol. The van der Waals surface area contributed by atoms with Crippen LogP contribution in [0.15, 0.2) is 0 Å². The lowest BCUT2D eigenvalue weighted by molar-refractivity contribution is 0.185. The van der Waals surface area contributed by atoms with Gasteiger partial charge in [-0.3, -0.25) is 4.90 Å². The molecule has 0 spiro atoms. The van der Waals surface area contributed by atoms with E-state index in [4.69, 9.17) is 5.26 Å². The Balaban J connectivity index is 2.40. The van der Waals surface area contributed by atoms with E-state index in [2.05, 4.69) is 23.2 Å². The second kappa shape index (κ2) is 3.70. The Bertz CT molecular complexity index is 161. The Morgan fingerprint density at radius 2 is 2.45 bits per heavy atom. The minimum atomic E-state index is 0.0690. The molecule has 0 aromatic rings. The van der Waals surface area contributed by atoms with E-state index in [1.165, 1.54) is 0 Å². The number of hydrogen-bond acceptors (Lipinski definition) is 3. The minimum absolute atomic E-state index is 0.0690. The van der Waals surface area contributed by atoms with Crippen LogP contribution in [0.2, 0.25) is 0 Å². The molecule has 0 aromatic carbocycles. The third kappa shape index (κ3) is 2.18. The highest BCUT2D eigenvalue weighted by molar-refractivity contribution is 4.91. The first-order chi connectivity index (χ1) is 5.24. The molecule has 3 nitrogen and oxygen atoms in total. The second-order valence-electron chi connectivity index (χ2n) is 3.16. The first-order valence-electron chi connectivity index (χ1n) is 4.11. The van der Waals surface area contributed by atoms with Crippen LogP contribution in [0.5, 0.6) is 0 Å². The molecule has 2 unspecified atom stereocenters. The Morgan fingerprint density at radius 3 is 3.00 bits per heavy atom. The number of nitriles is 1. The predicted molar refractivity (Wildman–Crippen MR) is 44.1 cm³/mol. The fourth-order valence-corrected chi connectivity index (χ4v) is 1.40. The molecule has 0 saturated carbocycles. The fourth-order valence-electron chi connectivity index (χ4n) is 1.40. The first-order valence-corrected chi connectivity index (χ1v) is 4.11. The SMILES string of the molecule is CC1CN(C(C)C#N)CCN1. The summed E-state index contributed by atoms with van der Waals surface area (Å²) in [5.74, 6) is 0. The molecule has 11 heavy (non-hydrogen) atoms. The molecular formula is C8H15N3. The van der Waals surface area contributed by atoms with Gasteiger partial charge in [0, 0.05) is 25.7 Å². The molecule has 1 N–H and O–H groups in total. The molecule has 2 atom stereocenters. The van der Waals surface area contributed by atoms with Gasteiger partial charge in [-0.1, -0.05) is 0 Å². The van der Waals surface area contributed by atoms with E-state index in [-0.39, 0.29) is 6.04 Å². The lowest BCUT2D eigenvalue weighted by Gasteiger charge is -2.33. The van der Waals surface area contributed by atoms with E-state index in [9.17, 15) is 0 Å². The topological polar surface area (TPSA) is 39.1 Å². The zero-order chi connectivity index (χ0) is 8.27. The Morgan fingerprint density at radius 1 is 1.73 bits per heavy atom. The number of nitrogens with zero attached hydrogens (tertiary/aromatic N) is 2. The van der Waals surface area contributed by atoms with Gasteiger partial charge in [-0.25, -0.2) is 0 Å². The number of piperazine rings is 1. The van der Waals surface area contributed by atoms with Crippen LogP contribution < -0.4 is 5.32 Å². The average Bonchev–Trinajstić information content (AvgIpc) is 2.03. The number of nitrogens with one attached hydrogen (secondary N) is 1. The van der Waals surface area contributed by atoms with Crippen molar-refractivity contribution < 1.29 is 0 Å². The van der Waals surface area contributed by atoms with Crippen LogP contribution in [0.4, 0.5) is 0 Å². The van der Waals surface area contributed by atoms with Gasteiger partial charge >= 0.3 is 0 Å².